The summed E-state index contributed by atoms with van der Waals surface area (Å²) in [5, 5.41) is 0. The molecule has 0 aliphatic carbocycles. The van der Waals surface area contributed by atoms with Gasteiger partial charge in [-0.1, -0.05) is 13.8 Å². The number of hydrogen-bond donors (Lipinski definition) is 0. The van der Waals surface area contributed by atoms with Crippen molar-refractivity contribution in [1.29, 1.82) is 0 Å². The molecule has 0 aromatic carbocycles. The van der Waals surface area contributed by atoms with Crippen molar-refractivity contribution in [2.45, 2.75) is 26.7 Å². The molecule has 1 aliphatic rings. The maximum absolute atomic E-state index is 5.80. The zero-order chi connectivity index (χ0) is 12.7. The van der Waals surface area contributed by atoms with E-state index >= 15 is 0 Å². The van der Waals surface area contributed by atoms with Crippen molar-refractivity contribution in [2.75, 3.05) is 53.5 Å². The van der Waals surface area contributed by atoms with Crippen LogP contribution in [0.25, 0.3) is 0 Å². The molecule has 1 saturated heterocycles. The lowest BCUT2D eigenvalue weighted by atomic mass is 9.98. The first-order valence-electron chi connectivity index (χ1n) is 7.02. The van der Waals surface area contributed by atoms with Gasteiger partial charge in [-0.15, -0.1) is 0 Å². The van der Waals surface area contributed by atoms with Gasteiger partial charge in [-0.25, -0.2) is 0 Å². The van der Waals surface area contributed by atoms with Crippen LogP contribution in [0.15, 0.2) is 0 Å². The third kappa shape index (κ3) is 7.02. The van der Waals surface area contributed by atoms with E-state index < -0.39 is 0 Å². The minimum atomic E-state index is 0.744. The van der Waals surface area contributed by atoms with Gasteiger partial charge in [0.1, 0.15) is 0 Å². The quantitative estimate of drug-likeness (QED) is 0.635. The topological polar surface area (TPSA) is 15.7 Å². The second-order valence-corrected chi connectivity index (χ2v) is 5.98. The maximum Gasteiger partial charge on any atom is 0.0593 e. The Morgan fingerprint density at radius 3 is 2.53 bits per heavy atom. The van der Waals surface area contributed by atoms with Crippen molar-refractivity contribution in [3.8, 4) is 0 Å². The van der Waals surface area contributed by atoms with Crippen LogP contribution in [0.1, 0.15) is 26.7 Å². The Morgan fingerprint density at radius 2 is 1.94 bits per heavy atom. The van der Waals surface area contributed by atoms with Gasteiger partial charge < -0.3 is 14.5 Å². The maximum atomic E-state index is 5.80. The summed E-state index contributed by atoms with van der Waals surface area (Å²) in [7, 11) is 4.39. The fourth-order valence-electron chi connectivity index (χ4n) is 2.41. The highest BCUT2D eigenvalue weighted by molar-refractivity contribution is 4.69. The average Bonchev–Trinajstić information content (AvgIpc) is 2.26. The van der Waals surface area contributed by atoms with E-state index in [0.29, 0.717) is 0 Å². The van der Waals surface area contributed by atoms with Gasteiger partial charge in [0.2, 0.25) is 0 Å². The molecule has 0 atom stereocenters. The first-order valence-corrected chi connectivity index (χ1v) is 7.02. The van der Waals surface area contributed by atoms with E-state index in [1.54, 1.807) is 0 Å². The summed E-state index contributed by atoms with van der Waals surface area (Å²) < 4.78 is 5.80. The van der Waals surface area contributed by atoms with E-state index in [2.05, 4.69) is 37.7 Å². The molecular weight excluding hydrogens is 212 g/mol. The van der Waals surface area contributed by atoms with Crippen LogP contribution in [0, 0.1) is 11.8 Å². The fourth-order valence-corrected chi connectivity index (χ4v) is 2.41. The molecule has 0 aromatic rings. The highest BCUT2D eigenvalue weighted by Gasteiger charge is 2.16. The van der Waals surface area contributed by atoms with Crippen molar-refractivity contribution in [3.63, 3.8) is 0 Å². The monoisotopic (exact) mass is 242 g/mol. The predicted octanol–water partition coefficient (Wildman–Crippen LogP) is 1.93. The lowest BCUT2D eigenvalue weighted by Gasteiger charge is -2.29. The molecule has 102 valence electrons. The highest BCUT2D eigenvalue weighted by atomic mass is 16.5. The molecule has 0 radical (unpaired) electrons. The molecule has 0 bridgehead atoms. The van der Waals surface area contributed by atoms with Crippen LogP contribution in [0.2, 0.25) is 0 Å². The van der Waals surface area contributed by atoms with Crippen LogP contribution in [0.3, 0.4) is 0 Å². The first kappa shape index (κ1) is 14.9. The van der Waals surface area contributed by atoms with Crippen molar-refractivity contribution in [3.05, 3.63) is 0 Å². The molecule has 1 fully saturated rings. The molecule has 0 saturated carbocycles. The molecule has 0 unspecified atom stereocenters. The van der Waals surface area contributed by atoms with E-state index in [1.165, 1.54) is 25.9 Å². The van der Waals surface area contributed by atoms with Crippen LogP contribution in [-0.4, -0.2) is 63.3 Å². The smallest absolute Gasteiger partial charge is 0.0593 e. The van der Waals surface area contributed by atoms with Gasteiger partial charge in [-0.3, -0.25) is 0 Å². The van der Waals surface area contributed by atoms with Crippen molar-refractivity contribution >= 4 is 0 Å². The lowest BCUT2D eigenvalue weighted by molar-refractivity contribution is 0.0597. The summed E-state index contributed by atoms with van der Waals surface area (Å²) >= 11 is 0. The lowest BCUT2D eigenvalue weighted by Crippen LogP contribution is -2.33. The molecule has 0 amide bonds. The van der Waals surface area contributed by atoms with E-state index in [0.717, 1.165) is 38.1 Å². The molecule has 1 heterocycles. The molecule has 1 aliphatic heterocycles. The Labute approximate surface area is 107 Å². The number of nitrogens with zero attached hydrogens (tertiary/aromatic N) is 2. The first-order chi connectivity index (χ1) is 8.08. The summed E-state index contributed by atoms with van der Waals surface area (Å²) in [6.07, 6.45) is 2.61. The summed E-state index contributed by atoms with van der Waals surface area (Å²) in [6, 6.07) is 0. The molecule has 3 nitrogen and oxygen atoms in total. The third-order valence-corrected chi connectivity index (χ3v) is 3.49. The minimum absolute atomic E-state index is 0.744. The Hall–Kier alpha value is -0.120. The molecule has 17 heavy (non-hydrogen) atoms. The van der Waals surface area contributed by atoms with Gasteiger partial charge in [0.25, 0.3) is 0 Å². The van der Waals surface area contributed by atoms with Crippen molar-refractivity contribution in [1.82, 2.24) is 9.80 Å². The molecular formula is C14H30N2O. The largest absolute Gasteiger partial charge is 0.380 e. The van der Waals surface area contributed by atoms with Crippen LogP contribution in [0.5, 0.6) is 0 Å². The van der Waals surface area contributed by atoms with Crippen LogP contribution in [-0.2, 0) is 4.74 Å². The second-order valence-electron chi connectivity index (χ2n) is 5.98. The fraction of sp³-hybridized carbons (Fsp3) is 1.00. The average molecular weight is 242 g/mol. The van der Waals surface area contributed by atoms with Gasteiger partial charge in [0, 0.05) is 19.7 Å². The van der Waals surface area contributed by atoms with E-state index in [1.807, 2.05) is 0 Å². The number of likely N-dealkylation sites (N-methyl/N-ethyl adjacent to an activating group) is 1. The summed E-state index contributed by atoms with van der Waals surface area (Å²) in [5.41, 5.74) is 0. The molecule has 3 heteroatoms. The normalized spacial score (nSPS) is 19.4. The number of rotatable bonds is 7. The standard InChI is InChI=1S/C14H30N2O/c1-13(2)11-16(4)9-10-17-12-14-5-7-15(3)8-6-14/h13-14H,5-12H2,1-4H3. The highest BCUT2D eigenvalue weighted by Crippen LogP contribution is 2.15. The Balaban J connectivity index is 1.97. The summed E-state index contributed by atoms with van der Waals surface area (Å²) in [6.45, 7) is 11.1. The third-order valence-electron chi connectivity index (χ3n) is 3.49. The Bertz CT molecular complexity index is 189. The minimum Gasteiger partial charge on any atom is -0.380 e. The van der Waals surface area contributed by atoms with Crippen molar-refractivity contribution < 1.29 is 4.74 Å². The Kier molecular flexibility index (Phi) is 7.09. The van der Waals surface area contributed by atoms with Crippen LogP contribution >= 0.6 is 0 Å². The summed E-state index contributed by atoms with van der Waals surface area (Å²) in [5.74, 6) is 1.54. The zero-order valence-corrected chi connectivity index (χ0v) is 12.1. The SMILES string of the molecule is CC(C)CN(C)CCOCC1CCN(C)CC1. The molecule has 1 rings (SSSR count). The van der Waals surface area contributed by atoms with E-state index in [-0.39, 0.29) is 0 Å². The van der Waals surface area contributed by atoms with Gasteiger partial charge in [-0.2, -0.15) is 0 Å². The van der Waals surface area contributed by atoms with E-state index in [9.17, 15) is 0 Å². The number of likely N-dealkylation sites (tertiary alicyclic amines) is 1. The second kappa shape index (κ2) is 8.06. The Morgan fingerprint density at radius 1 is 1.29 bits per heavy atom. The van der Waals surface area contributed by atoms with Gasteiger partial charge in [-0.05, 0) is 51.9 Å². The van der Waals surface area contributed by atoms with Crippen molar-refractivity contribution in [2.24, 2.45) is 11.8 Å². The molecule has 0 spiro atoms. The number of piperidine rings is 1. The van der Waals surface area contributed by atoms with Crippen LogP contribution < -0.4 is 0 Å². The van der Waals surface area contributed by atoms with E-state index in [4.69, 9.17) is 4.74 Å². The number of hydrogen-bond acceptors (Lipinski definition) is 3. The van der Waals surface area contributed by atoms with Gasteiger partial charge in [0.15, 0.2) is 0 Å². The van der Waals surface area contributed by atoms with Crippen LogP contribution in [0.4, 0.5) is 0 Å². The molecule has 0 aromatic heterocycles. The zero-order valence-electron chi connectivity index (χ0n) is 12.1. The van der Waals surface area contributed by atoms with Gasteiger partial charge >= 0.3 is 0 Å². The number of ether oxygens (including phenoxy) is 1. The predicted molar refractivity (Wildman–Crippen MR) is 73.4 cm³/mol. The molecule has 0 N–H and O–H groups in total. The summed E-state index contributed by atoms with van der Waals surface area (Å²) in [4.78, 5) is 4.77. The van der Waals surface area contributed by atoms with Gasteiger partial charge in [0.05, 0.1) is 6.61 Å².